The Morgan fingerprint density at radius 3 is 2.40 bits per heavy atom. The third-order valence-electron chi connectivity index (χ3n) is 3.97. The fraction of sp³-hybridized carbons (Fsp3) is 0.294. The van der Waals surface area contributed by atoms with Crippen molar-refractivity contribution in [3.05, 3.63) is 69.5 Å². The summed E-state index contributed by atoms with van der Waals surface area (Å²) < 4.78 is 18.8. The lowest BCUT2D eigenvalue weighted by Crippen LogP contribution is -2.15. The maximum Gasteiger partial charge on any atom is 0.123 e. The molecule has 0 amide bonds. The summed E-state index contributed by atoms with van der Waals surface area (Å²) in [5.74, 6) is -0.210. The van der Waals surface area contributed by atoms with Gasteiger partial charge in [-0.05, 0) is 59.4 Å². The highest BCUT2D eigenvalue weighted by Crippen LogP contribution is 2.29. The van der Waals surface area contributed by atoms with Gasteiger partial charge in [0.1, 0.15) is 5.82 Å². The second kappa shape index (κ2) is 5.00. The Morgan fingerprint density at radius 2 is 1.70 bits per heavy atom. The number of benzene rings is 2. The molecule has 1 aliphatic rings. The van der Waals surface area contributed by atoms with E-state index in [0.29, 0.717) is 13.2 Å². The van der Waals surface area contributed by atoms with Gasteiger partial charge in [-0.3, -0.25) is 0 Å². The van der Waals surface area contributed by atoms with Gasteiger partial charge >= 0.3 is 0 Å². The van der Waals surface area contributed by atoms with Gasteiger partial charge in [0.05, 0.1) is 19.3 Å². The summed E-state index contributed by atoms with van der Waals surface area (Å²) in [6.45, 7) is 5.14. The van der Waals surface area contributed by atoms with Crippen LogP contribution in [0.15, 0.2) is 30.3 Å². The molecule has 2 aromatic rings. The highest BCUT2D eigenvalue weighted by Gasteiger charge is 2.18. The standard InChI is InChI=1S/C17H18FNO/c1-10-5-15(18)6-11(2)16(10)17(19)12-3-4-13-8-20-9-14(13)7-12/h3-7,17H,8-9,19H2,1-2H3. The number of nitrogens with two attached hydrogens (primary N) is 1. The molecular weight excluding hydrogens is 253 g/mol. The number of hydrogen-bond acceptors (Lipinski definition) is 2. The SMILES string of the molecule is Cc1cc(F)cc(C)c1C(N)c1ccc2c(c1)COC2. The van der Waals surface area contributed by atoms with Gasteiger partial charge in [0.15, 0.2) is 0 Å². The molecule has 104 valence electrons. The second-order valence-electron chi connectivity index (χ2n) is 5.45. The number of hydrogen-bond donors (Lipinski definition) is 1. The van der Waals surface area contributed by atoms with Gasteiger partial charge < -0.3 is 10.5 Å². The lowest BCUT2D eigenvalue weighted by Gasteiger charge is -2.19. The summed E-state index contributed by atoms with van der Waals surface area (Å²) in [5, 5.41) is 0. The largest absolute Gasteiger partial charge is 0.372 e. The van der Waals surface area contributed by atoms with E-state index in [1.807, 2.05) is 19.9 Å². The highest BCUT2D eigenvalue weighted by molar-refractivity contribution is 5.44. The van der Waals surface area contributed by atoms with E-state index < -0.39 is 0 Å². The summed E-state index contributed by atoms with van der Waals surface area (Å²) in [7, 11) is 0. The van der Waals surface area contributed by atoms with Gasteiger partial charge in [-0.1, -0.05) is 18.2 Å². The van der Waals surface area contributed by atoms with Crippen molar-refractivity contribution in [1.82, 2.24) is 0 Å². The van der Waals surface area contributed by atoms with Gasteiger partial charge in [-0.25, -0.2) is 4.39 Å². The number of rotatable bonds is 2. The minimum absolute atomic E-state index is 0.210. The number of halogens is 1. The van der Waals surface area contributed by atoms with Crippen molar-refractivity contribution < 1.29 is 9.13 Å². The molecule has 0 fully saturated rings. The Kier molecular flexibility index (Phi) is 3.32. The van der Waals surface area contributed by atoms with Crippen molar-refractivity contribution in [1.29, 1.82) is 0 Å². The average Bonchev–Trinajstić information content (AvgIpc) is 2.84. The molecule has 2 N–H and O–H groups in total. The molecule has 1 heterocycles. The van der Waals surface area contributed by atoms with Crippen LogP contribution in [0.25, 0.3) is 0 Å². The molecule has 20 heavy (non-hydrogen) atoms. The first-order valence-corrected chi connectivity index (χ1v) is 6.78. The first kappa shape index (κ1) is 13.3. The van der Waals surface area contributed by atoms with E-state index in [1.54, 1.807) is 12.1 Å². The van der Waals surface area contributed by atoms with Crippen LogP contribution < -0.4 is 5.73 Å². The predicted molar refractivity (Wildman–Crippen MR) is 76.8 cm³/mol. The summed E-state index contributed by atoms with van der Waals surface area (Å²) in [6, 6.07) is 9.07. The smallest absolute Gasteiger partial charge is 0.123 e. The minimum atomic E-state index is -0.235. The van der Waals surface area contributed by atoms with Crippen molar-refractivity contribution in [3.8, 4) is 0 Å². The molecule has 0 bridgehead atoms. The Bertz CT molecular complexity index is 643. The average molecular weight is 271 g/mol. The van der Waals surface area contributed by atoms with Gasteiger partial charge in [0, 0.05) is 0 Å². The molecule has 0 aliphatic carbocycles. The van der Waals surface area contributed by atoms with Crippen LogP contribution in [0.4, 0.5) is 4.39 Å². The lowest BCUT2D eigenvalue weighted by molar-refractivity contribution is 0.134. The van der Waals surface area contributed by atoms with Gasteiger partial charge in [-0.2, -0.15) is 0 Å². The molecule has 3 heteroatoms. The van der Waals surface area contributed by atoms with E-state index in [0.717, 1.165) is 22.3 Å². The molecule has 0 saturated carbocycles. The Labute approximate surface area is 118 Å². The van der Waals surface area contributed by atoms with Crippen LogP contribution in [0.3, 0.4) is 0 Å². The minimum Gasteiger partial charge on any atom is -0.372 e. The Balaban J connectivity index is 2.03. The first-order valence-electron chi connectivity index (χ1n) is 6.78. The Hall–Kier alpha value is -1.71. The number of aryl methyl sites for hydroxylation is 2. The lowest BCUT2D eigenvalue weighted by atomic mass is 9.90. The predicted octanol–water partition coefficient (Wildman–Crippen LogP) is 3.52. The molecule has 0 radical (unpaired) electrons. The normalized spacial score (nSPS) is 15.2. The van der Waals surface area contributed by atoms with Crippen LogP contribution in [-0.4, -0.2) is 0 Å². The van der Waals surface area contributed by atoms with E-state index >= 15 is 0 Å². The van der Waals surface area contributed by atoms with Crippen LogP contribution in [0.5, 0.6) is 0 Å². The van der Waals surface area contributed by atoms with E-state index in [9.17, 15) is 4.39 Å². The topological polar surface area (TPSA) is 35.2 Å². The summed E-state index contributed by atoms with van der Waals surface area (Å²) >= 11 is 0. The highest BCUT2D eigenvalue weighted by atomic mass is 19.1. The van der Waals surface area contributed by atoms with Crippen LogP contribution in [0.2, 0.25) is 0 Å². The number of fused-ring (bicyclic) bond motifs is 1. The summed E-state index contributed by atoms with van der Waals surface area (Å²) in [6.07, 6.45) is 0. The van der Waals surface area contributed by atoms with Crippen molar-refractivity contribution >= 4 is 0 Å². The molecule has 2 aromatic carbocycles. The van der Waals surface area contributed by atoms with Gasteiger partial charge in [0.2, 0.25) is 0 Å². The number of ether oxygens (including phenoxy) is 1. The molecule has 3 rings (SSSR count). The first-order chi connectivity index (χ1) is 9.56. The van der Waals surface area contributed by atoms with E-state index in [2.05, 4.69) is 12.1 Å². The fourth-order valence-electron chi connectivity index (χ4n) is 2.96. The molecule has 1 aliphatic heterocycles. The van der Waals surface area contributed by atoms with Gasteiger partial charge in [-0.15, -0.1) is 0 Å². The molecule has 2 nitrogen and oxygen atoms in total. The summed E-state index contributed by atoms with van der Waals surface area (Å²) in [5.41, 5.74) is 12.7. The molecular formula is C17H18FNO. The van der Waals surface area contributed by atoms with Crippen LogP contribution >= 0.6 is 0 Å². The Morgan fingerprint density at radius 1 is 1.05 bits per heavy atom. The molecule has 1 atom stereocenters. The molecule has 0 aromatic heterocycles. The quantitative estimate of drug-likeness (QED) is 0.907. The van der Waals surface area contributed by atoms with E-state index in [4.69, 9.17) is 10.5 Å². The zero-order valence-electron chi connectivity index (χ0n) is 11.7. The maximum absolute atomic E-state index is 13.4. The zero-order valence-corrected chi connectivity index (χ0v) is 11.7. The third-order valence-corrected chi connectivity index (χ3v) is 3.97. The molecule has 1 unspecified atom stereocenters. The van der Waals surface area contributed by atoms with E-state index in [-0.39, 0.29) is 11.9 Å². The van der Waals surface area contributed by atoms with E-state index in [1.165, 1.54) is 11.1 Å². The van der Waals surface area contributed by atoms with Crippen molar-refractivity contribution in [3.63, 3.8) is 0 Å². The van der Waals surface area contributed by atoms with Crippen LogP contribution in [0, 0.1) is 19.7 Å². The maximum atomic E-state index is 13.4. The van der Waals surface area contributed by atoms with Gasteiger partial charge in [0.25, 0.3) is 0 Å². The zero-order chi connectivity index (χ0) is 14.3. The fourth-order valence-corrected chi connectivity index (χ4v) is 2.96. The second-order valence-corrected chi connectivity index (χ2v) is 5.45. The van der Waals surface area contributed by atoms with Crippen LogP contribution in [0.1, 0.15) is 39.4 Å². The third kappa shape index (κ3) is 2.23. The van der Waals surface area contributed by atoms with Crippen LogP contribution in [-0.2, 0) is 18.0 Å². The van der Waals surface area contributed by atoms with Crippen molar-refractivity contribution in [2.75, 3.05) is 0 Å². The van der Waals surface area contributed by atoms with Crippen molar-refractivity contribution in [2.45, 2.75) is 33.1 Å². The van der Waals surface area contributed by atoms with Crippen molar-refractivity contribution in [2.24, 2.45) is 5.73 Å². The molecule has 0 spiro atoms. The monoisotopic (exact) mass is 271 g/mol. The molecule has 0 saturated heterocycles. The summed E-state index contributed by atoms with van der Waals surface area (Å²) in [4.78, 5) is 0.